The Kier molecular flexibility index (Phi) is 3.92. The monoisotopic (exact) mass is 503 g/mol. The van der Waals surface area contributed by atoms with Crippen LogP contribution < -0.4 is 0 Å². The van der Waals surface area contributed by atoms with Crippen LogP contribution in [0.4, 0.5) is 0 Å². The van der Waals surface area contributed by atoms with Crippen molar-refractivity contribution in [3.8, 4) is 3.70 Å². The summed E-state index contributed by atoms with van der Waals surface area (Å²) < 4.78 is 4.70. The summed E-state index contributed by atoms with van der Waals surface area (Å²) in [7, 11) is 0. The van der Waals surface area contributed by atoms with Gasteiger partial charge in [0.2, 0.25) is 0 Å². The number of rotatable bonds is 2. The molecule has 2 aromatic heterocycles. The Hall–Kier alpha value is -3.19. The molecule has 5 aromatic rings. The minimum absolute atomic E-state index is 0.158. The van der Waals surface area contributed by atoms with Crippen LogP contribution in [0.5, 0.6) is 0 Å². The topological polar surface area (TPSA) is 39.1 Å². The van der Waals surface area contributed by atoms with Crippen molar-refractivity contribution in [2.45, 2.75) is 0 Å². The number of allylic oxidation sites excluding steroid dienone is 1. The van der Waals surface area contributed by atoms with E-state index in [2.05, 4.69) is 65.2 Å². The summed E-state index contributed by atoms with van der Waals surface area (Å²) in [6.45, 7) is 0. The summed E-state index contributed by atoms with van der Waals surface area (Å²) in [6.07, 6.45) is 1.82. The van der Waals surface area contributed by atoms with E-state index < -0.39 is 20.4 Å². The van der Waals surface area contributed by atoms with Gasteiger partial charge in [-0.1, -0.05) is 0 Å². The summed E-state index contributed by atoms with van der Waals surface area (Å²) in [5, 5.41) is 2.48. The first-order valence-corrected chi connectivity index (χ1v) is 12.0. The molecule has 142 valence electrons. The molecule has 6 rings (SSSR count). The molecule has 3 aromatic carbocycles. The third-order valence-corrected chi connectivity index (χ3v) is 8.51. The predicted octanol–water partition coefficient (Wildman–Crippen LogP) is 5.30. The molecule has 1 aliphatic rings. The molecule has 0 fully saturated rings. The van der Waals surface area contributed by atoms with Crippen LogP contribution in [0.1, 0.15) is 24.3 Å². The fraction of sp³-hybridized carbons (Fsp3) is 0. The van der Waals surface area contributed by atoms with Crippen LogP contribution in [0.15, 0.2) is 90.5 Å². The van der Waals surface area contributed by atoms with Gasteiger partial charge in [0.05, 0.1) is 0 Å². The normalized spacial score (nSPS) is 13.4. The van der Waals surface area contributed by atoms with Gasteiger partial charge in [0.15, 0.2) is 0 Å². The van der Waals surface area contributed by atoms with E-state index in [1.54, 1.807) is 24.3 Å². The molecule has 0 aliphatic heterocycles. The average Bonchev–Trinajstić information content (AvgIpc) is 3.44. The average molecular weight is 501 g/mol. The number of benzene rings is 3. The van der Waals surface area contributed by atoms with Gasteiger partial charge in [-0.05, 0) is 0 Å². The number of nitrogens with zero attached hydrogens (tertiary/aromatic N) is 1. The van der Waals surface area contributed by atoms with Crippen LogP contribution in [0.2, 0.25) is 0 Å². The first-order valence-electron chi connectivity index (χ1n) is 9.71. The van der Waals surface area contributed by atoms with E-state index in [0.717, 1.165) is 3.58 Å². The van der Waals surface area contributed by atoms with Gasteiger partial charge in [-0.15, -0.1) is 0 Å². The zero-order valence-electron chi connectivity index (χ0n) is 15.8. The number of fused-ring (bicyclic) bond motifs is 4. The van der Waals surface area contributed by atoms with Crippen LogP contribution >= 0.6 is 0 Å². The molecule has 30 heavy (non-hydrogen) atoms. The van der Waals surface area contributed by atoms with Crippen molar-refractivity contribution in [2.24, 2.45) is 0 Å². The molecular formula is C26H15NO2Te. The summed E-state index contributed by atoms with van der Waals surface area (Å²) >= 11 is -0.738. The molecule has 0 amide bonds. The van der Waals surface area contributed by atoms with Crippen LogP contribution in [0.3, 0.4) is 0 Å². The Morgan fingerprint density at radius 1 is 0.633 bits per heavy atom. The van der Waals surface area contributed by atoms with Gasteiger partial charge in [0.1, 0.15) is 0 Å². The number of ketones is 2. The van der Waals surface area contributed by atoms with E-state index in [9.17, 15) is 9.59 Å². The molecular weight excluding hydrogens is 486 g/mol. The first kappa shape index (κ1) is 17.6. The summed E-state index contributed by atoms with van der Waals surface area (Å²) in [5.41, 5.74) is 3.71. The van der Waals surface area contributed by atoms with Crippen molar-refractivity contribution in [2.75, 3.05) is 0 Å². The van der Waals surface area contributed by atoms with Gasteiger partial charge in [-0.2, -0.15) is 0 Å². The molecule has 0 radical (unpaired) electrons. The van der Waals surface area contributed by atoms with Gasteiger partial charge in [-0.3, -0.25) is 0 Å². The Morgan fingerprint density at radius 3 is 1.77 bits per heavy atom. The molecule has 0 unspecified atom stereocenters. The third-order valence-electron chi connectivity index (χ3n) is 5.61. The van der Waals surface area contributed by atoms with E-state index in [4.69, 9.17) is 0 Å². The second kappa shape index (κ2) is 6.67. The zero-order valence-corrected chi connectivity index (χ0v) is 18.2. The molecule has 3 nitrogen and oxygen atoms in total. The molecule has 0 N–H and O–H groups in total. The minimum atomic E-state index is -0.738. The molecule has 0 saturated carbocycles. The summed E-state index contributed by atoms with van der Waals surface area (Å²) in [4.78, 5) is 25.5. The molecule has 4 heteroatoms. The van der Waals surface area contributed by atoms with E-state index >= 15 is 0 Å². The van der Waals surface area contributed by atoms with Crippen LogP contribution in [-0.4, -0.2) is 36.6 Å². The van der Waals surface area contributed by atoms with Crippen LogP contribution in [0, 0.1) is 0 Å². The van der Waals surface area contributed by atoms with Gasteiger partial charge >= 0.3 is 183 Å². The Balaban J connectivity index is 1.49. The van der Waals surface area contributed by atoms with Crippen LogP contribution in [-0.2, 0) is 0 Å². The quantitative estimate of drug-likeness (QED) is 0.187. The number of aromatic nitrogens is 1. The van der Waals surface area contributed by atoms with Gasteiger partial charge < -0.3 is 0 Å². The number of Topliss-reactive ketones (excluding diaryl/α,β-unsaturated/α-hetero) is 2. The van der Waals surface area contributed by atoms with Crippen molar-refractivity contribution in [1.29, 1.82) is 0 Å². The van der Waals surface area contributed by atoms with Crippen molar-refractivity contribution in [3.63, 3.8) is 0 Å². The maximum absolute atomic E-state index is 12.7. The second-order valence-corrected chi connectivity index (χ2v) is 10.4. The van der Waals surface area contributed by atoms with E-state index in [0.29, 0.717) is 16.7 Å². The standard InChI is InChI=1S/C26H15NO2Te/c28-25-19-9-1-2-10-20(19)26(29)21(25)15-16-13-14-24(30-16)27-22-11-5-3-7-17(22)18-8-4-6-12-23(18)27/h1-15H. The van der Waals surface area contributed by atoms with Gasteiger partial charge in [0, 0.05) is 0 Å². The van der Waals surface area contributed by atoms with Gasteiger partial charge in [0.25, 0.3) is 0 Å². The number of hydrogen-bond donors (Lipinski definition) is 0. The number of carbonyl (C=O) groups is 2. The molecule has 2 heterocycles. The SMILES string of the molecule is O=C1C(=Cc2ccc(-n3c4ccccc4c4ccccc43)[te]2)C(=O)c2ccccc21. The predicted molar refractivity (Wildman–Crippen MR) is 121 cm³/mol. The summed E-state index contributed by atoms with van der Waals surface area (Å²) in [6, 6.07) is 28.2. The van der Waals surface area contributed by atoms with Crippen molar-refractivity contribution in [3.05, 3.63) is 105 Å². The van der Waals surface area contributed by atoms with Crippen molar-refractivity contribution >= 4 is 59.9 Å². The maximum atomic E-state index is 12.7. The molecule has 0 bridgehead atoms. The number of carbonyl (C=O) groups excluding carboxylic acids is 2. The molecule has 0 spiro atoms. The van der Waals surface area contributed by atoms with E-state index in [1.807, 2.05) is 6.08 Å². The number of para-hydroxylation sites is 2. The Morgan fingerprint density at radius 2 is 1.17 bits per heavy atom. The number of hydrogen-bond acceptors (Lipinski definition) is 2. The molecule has 0 saturated heterocycles. The zero-order chi connectivity index (χ0) is 20.2. The molecule has 1 aliphatic carbocycles. The fourth-order valence-corrected chi connectivity index (χ4v) is 7.04. The molecule has 0 atom stereocenters. The van der Waals surface area contributed by atoms with Crippen molar-refractivity contribution < 1.29 is 9.59 Å². The van der Waals surface area contributed by atoms with Crippen LogP contribution in [0.25, 0.3) is 31.6 Å². The van der Waals surface area contributed by atoms with Gasteiger partial charge in [-0.25, -0.2) is 0 Å². The second-order valence-electron chi connectivity index (χ2n) is 7.31. The third kappa shape index (κ3) is 2.51. The van der Waals surface area contributed by atoms with E-state index in [1.165, 1.54) is 25.5 Å². The van der Waals surface area contributed by atoms with E-state index in [-0.39, 0.29) is 11.6 Å². The summed E-state index contributed by atoms with van der Waals surface area (Å²) in [5.74, 6) is -0.316. The van der Waals surface area contributed by atoms with Crippen molar-refractivity contribution in [1.82, 2.24) is 4.57 Å². The first-order chi connectivity index (χ1) is 14.7. The Labute approximate surface area is 182 Å². The Bertz CT molecular complexity index is 1440. The fourth-order valence-electron chi connectivity index (χ4n) is 4.25.